The van der Waals surface area contributed by atoms with Crippen molar-refractivity contribution in [1.29, 1.82) is 0 Å². The van der Waals surface area contributed by atoms with Crippen LogP contribution in [-0.4, -0.2) is 18.0 Å². The summed E-state index contributed by atoms with van der Waals surface area (Å²) in [6, 6.07) is 3.66. The van der Waals surface area contributed by atoms with Crippen molar-refractivity contribution in [3.63, 3.8) is 0 Å². The van der Waals surface area contributed by atoms with Crippen molar-refractivity contribution in [3.8, 4) is 0 Å². The lowest BCUT2D eigenvalue weighted by Gasteiger charge is -2.22. The second kappa shape index (κ2) is 5.44. The minimum Gasteiger partial charge on any atom is -0.372 e. The van der Waals surface area contributed by atoms with Gasteiger partial charge in [0, 0.05) is 24.8 Å². The summed E-state index contributed by atoms with van der Waals surface area (Å²) < 4.78 is 13.2. The van der Waals surface area contributed by atoms with Gasteiger partial charge in [-0.05, 0) is 19.4 Å². The van der Waals surface area contributed by atoms with Gasteiger partial charge in [0.05, 0.1) is 11.0 Å². The predicted octanol–water partition coefficient (Wildman–Crippen LogP) is 2.97. The number of non-ortho nitro benzene ring substituents is 1. The van der Waals surface area contributed by atoms with Crippen LogP contribution in [0.3, 0.4) is 0 Å². The van der Waals surface area contributed by atoms with Gasteiger partial charge in [-0.25, -0.2) is 4.39 Å². The average Bonchev–Trinajstić information content (AvgIpc) is 2.24. The topological polar surface area (TPSA) is 46.4 Å². The highest BCUT2D eigenvalue weighted by atomic mass is 19.1. The van der Waals surface area contributed by atoms with E-state index in [-0.39, 0.29) is 5.69 Å². The second-order valence-electron chi connectivity index (χ2n) is 3.50. The molecule has 0 aliphatic heterocycles. The zero-order valence-electron chi connectivity index (χ0n) is 9.44. The summed E-state index contributed by atoms with van der Waals surface area (Å²) in [5.74, 6) is -0.571. The molecule has 1 aromatic rings. The second-order valence-corrected chi connectivity index (χ2v) is 3.50. The Bertz CT molecular complexity index is 382. The lowest BCUT2D eigenvalue weighted by atomic mass is 10.2. The SMILES string of the molecule is CCCN(CC)c1cc(F)cc([N+](=O)[O-])c1. The summed E-state index contributed by atoms with van der Waals surface area (Å²) in [6.45, 7) is 5.41. The average molecular weight is 226 g/mol. The van der Waals surface area contributed by atoms with E-state index < -0.39 is 10.7 Å². The van der Waals surface area contributed by atoms with E-state index in [9.17, 15) is 14.5 Å². The summed E-state index contributed by atoms with van der Waals surface area (Å²) in [5.41, 5.74) is 0.362. The van der Waals surface area contributed by atoms with E-state index in [0.29, 0.717) is 12.2 Å². The van der Waals surface area contributed by atoms with Gasteiger partial charge in [0.1, 0.15) is 5.82 Å². The van der Waals surface area contributed by atoms with E-state index in [0.717, 1.165) is 19.0 Å². The Morgan fingerprint density at radius 2 is 2.06 bits per heavy atom. The monoisotopic (exact) mass is 226 g/mol. The lowest BCUT2D eigenvalue weighted by Crippen LogP contribution is -2.23. The van der Waals surface area contributed by atoms with E-state index in [2.05, 4.69) is 0 Å². The van der Waals surface area contributed by atoms with E-state index >= 15 is 0 Å². The maximum Gasteiger partial charge on any atom is 0.274 e. The van der Waals surface area contributed by atoms with Gasteiger partial charge in [0.2, 0.25) is 0 Å². The molecule has 4 nitrogen and oxygen atoms in total. The van der Waals surface area contributed by atoms with Crippen LogP contribution >= 0.6 is 0 Å². The molecule has 0 N–H and O–H groups in total. The number of nitro groups is 1. The zero-order valence-corrected chi connectivity index (χ0v) is 9.44. The minimum absolute atomic E-state index is 0.204. The quantitative estimate of drug-likeness (QED) is 0.572. The van der Waals surface area contributed by atoms with Crippen LogP contribution < -0.4 is 4.90 Å². The summed E-state index contributed by atoms with van der Waals surface area (Å²) in [6.07, 6.45) is 0.915. The van der Waals surface area contributed by atoms with Crippen molar-refractivity contribution < 1.29 is 9.31 Å². The van der Waals surface area contributed by atoms with Gasteiger partial charge < -0.3 is 4.90 Å². The normalized spacial score (nSPS) is 10.2. The highest BCUT2D eigenvalue weighted by Crippen LogP contribution is 2.23. The van der Waals surface area contributed by atoms with Crippen LogP contribution in [0.5, 0.6) is 0 Å². The first-order chi connectivity index (χ1) is 7.58. The molecule has 0 atom stereocenters. The molecule has 5 heteroatoms. The number of anilines is 1. The molecule has 0 fully saturated rings. The van der Waals surface area contributed by atoms with Crippen LogP contribution in [0.2, 0.25) is 0 Å². The molecule has 0 aliphatic rings. The molecule has 16 heavy (non-hydrogen) atoms. The number of nitrogens with zero attached hydrogens (tertiary/aromatic N) is 2. The number of hydrogen-bond donors (Lipinski definition) is 0. The van der Waals surface area contributed by atoms with Gasteiger partial charge in [0.25, 0.3) is 5.69 Å². The number of benzene rings is 1. The Morgan fingerprint density at radius 3 is 2.56 bits per heavy atom. The molecule has 0 bridgehead atoms. The van der Waals surface area contributed by atoms with Gasteiger partial charge in [-0.3, -0.25) is 10.1 Å². The van der Waals surface area contributed by atoms with Crippen LogP contribution in [0.15, 0.2) is 18.2 Å². The van der Waals surface area contributed by atoms with Gasteiger partial charge in [-0.2, -0.15) is 0 Å². The van der Waals surface area contributed by atoms with Crippen molar-refractivity contribution in [1.82, 2.24) is 0 Å². The fourth-order valence-electron chi connectivity index (χ4n) is 1.59. The Hall–Kier alpha value is -1.65. The molecule has 0 saturated heterocycles. The molecule has 1 aromatic carbocycles. The van der Waals surface area contributed by atoms with Crippen LogP contribution in [0.1, 0.15) is 20.3 Å². The van der Waals surface area contributed by atoms with Crippen LogP contribution in [-0.2, 0) is 0 Å². The molecule has 0 saturated carbocycles. The Labute approximate surface area is 93.8 Å². The van der Waals surface area contributed by atoms with Gasteiger partial charge in [-0.15, -0.1) is 0 Å². The molecular formula is C11H15FN2O2. The highest BCUT2D eigenvalue weighted by molar-refractivity contribution is 5.53. The van der Waals surface area contributed by atoms with Crippen LogP contribution in [0, 0.1) is 15.9 Å². The van der Waals surface area contributed by atoms with Crippen molar-refractivity contribution in [2.75, 3.05) is 18.0 Å². The fraction of sp³-hybridized carbons (Fsp3) is 0.455. The molecule has 0 spiro atoms. The number of hydrogen-bond acceptors (Lipinski definition) is 3. The third-order valence-corrected chi connectivity index (χ3v) is 2.32. The molecule has 0 amide bonds. The molecular weight excluding hydrogens is 211 g/mol. The number of nitro benzene ring substituents is 1. The Morgan fingerprint density at radius 1 is 1.38 bits per heavy atom. The first kappa shape index (κ1) is 12.4. The minimum atomic E-state index is -0.577. The summed E-state index contributed by atoms with van der Waals surface area (Å²) in [5, 5.41) is 10.6. The van der Waals surface area contributed by atoms with Crippen molar-refractivity contribution in [3.05, 3.63) is 34.1 Å². The standard InChI is InChI=1S/C11H15FN2O2/c1-3-5-13(4-2)10-6-9(12)7-11(8-10)14(15)16/h6-8H,3-5H2,1-2H3. The molecule has 1 rings (SSSR count). The maximum absolute atomic E-state index is 13.2. The first-order valence-electron chi connectivity index (χ1n) is 5.28. The third-order valence-electron chi connectivity index (χ3n) is 2.32. The first-order valence-corrected chi connectivity index (χ1v) is 5.28. The smallest absolute Gasteiger partial charge is 0.274 e. The molecule has 0 unspecified atom stereocenters. The summed E-state index contributed by atoms with van der Waals surface area (Å²) in [7, 11) is 0. The number of halogens is 1. The molecule has 0 radical (unpaired) electrons. The highest BCUT2D eigenvalue weighted by Gasteiger charge is 2.12. The van der Waals surface area contributed by atoms with E-state index in [4.69, 9.17) is 0 Å². The largest absolute Gasteiger partial charge is 0.372 e. The summed E-state index contributed by atoms with van der Waals surface area (Å²) in [4.78, 5) is 11.9. The van der Waals surface area contributed by atoms with E-state index in [1.54, 1.807) is 0 Å². The van der Waals surface area contributed by atoms with Gasteiger partial charge >= 0.3 is 0 Å². The Balaban J connectivity index is 3.07. The molecule has 0 heterocycles. The lowest BCUT2D eigenvalue weighted by molar-refractivity contribution is -0.385. The van der Waals surface area contributed by atoms with E-state index in [1.165, 1.54) is 12.1 Å². The van der Waals surface area contributed by atoms with Gasteiger partial charge in [-0.1, -0.05) is 6.92 Å². The summed E-state index contributed by atoms with van der Waals surface area (Å²) >= 11 is 0. The fourth-order valence-corrected chi connectivity index (χ4v) is 1.59. The predicted molar refractivity (Wildman–Crippen MR) is 61.2 cm³/mol. The molecule has 88 valence electrons. The number of rotatable bonds is 5. The molecule has 0 aromatic heterocycles. The Kier molecular flexibility index (Phi) is 4.22. The van der Waals surface area contributed by atoms with Crippen LogP contribution in [0.4, 0.5) is 15.8 Å². The van der Waals surface area contributed by atoms with Crippen LogP contribution in [0.25, 0.3) is 0 Å². The van der Waals surface area contributed by atoms with Crippen molar-refractivity contribution in [2.45, 2.75) is 20.3 Å². The van der Waals surface area contributed by atoms with Gasteiger partial charge in [0.15, 0.2) is 0 Å². The van der Waals surface area contributed by atoms with E-state index in [1.807, 2.05) is 18.7 Å². The maximum atomic E-state index is 13.2. The van der Waals surface area contributed by atoms with Crippen molar-refractivity contribution in [2.24, 2.45) is 0 Å². The zero-order chi connectivity index (χ0) is 12.1. The third kappa shape index (κ3) is 2.92. The molecule has 0 aliphatic carbocycles. The van der Waals surface area contributed by atoms with Crippen molar-refractivity contribution >= 4 is 11.4 Å².